The molecule has 0 aliphatic carbocycles. The fourth-order valence-electron chi connectivity index (χ4n) is 1.28. The van der Waals surface area contributed by atoms with Gasteiger partial charge in [0.25, 0.3) is 0 Å². The molecule has 18 heavy (non-hydrogen) atoms. The second kappa shape index (κ2) is 5.76. The molecular weight excluding hydrogens is 242 g/mol. The number of ether oxygens (including phenoxy) is 3. The summed E-state index contributed by atoms with van der Waals surface area (Å²) in [4.78, 5) is 21.9. The minimum Gasteiger partial charge on any atom is -0.493 e. The molecule has 0 bridgehead atoms. The van der Waals surface area contributed by atoms with Crippen molar-refractivity contribution in [3.05, 3.63) is 17.7 Å². The number of nitrogens with two attached hydrogens (primary N) is 1. The van der Waals surface area contributed by atoms with Gasteiger partial charge >= 0.3 is 11.9 Å². The maximum atomic E-state index is 11.6. The van der Waals surface area contributed by atoms with Crippen LogP contribution in [0.15, 0.2) is 12.1 Å². The topological polar surface area (TPSA) is 108 Å². The van der Waals surface area contributed by atoms with Gasteiger partial charge in [0.2, 0.25) is 0 Å². The van der Waals surface area contributed by atoms with Crippen molar-refractivity contribution in [1.82, 2.24) is 0 Å². The summed E-state index contributed by atoms with van der Waals surface area (Å²) in [6, 6.07) is 2.73. The number of carbonyl (C=O) groups excluding carboxylic acids is 1. The van der Waals surface area contributed by atoms with Crippen LogP contribution in [0.5, 0.6) is 11.5 Å². The number of methoxy groups -OCH3 is 2. The highest BCUT2D eigenvalue weighted by Gasteiger charge is 2.17. The minimum atomic E-state index is -1.25. The van der Waals surface area contributed by atoms with Crippen LogP contribution in [0, 0.1) is 0 Å². The van der Waals surface area contributed by atoms with Crippen LogP contribution in [0.25, 0.3) is 0 Å². The maximum absolute atomic E-state index is 11.6. The number of rotatable bonds is 5. The molecule has 0 radical (unpaired) electrons. The molecule has 1 rings (SSSR count). The van der Waals surface area contributed by atoms with E-state index >= 15 is 0 Å². The molecular formula is C11H13NO6. The maximum Gasteiger partial charge on any atom is 0.341 e. The van der Waals surface area contributed by atoms with Gasteiger partial charge < -0.3 is 25.1 Å². The minimum absolute atomic E-state index is 0.0221. The van der Waals surface area contributed by atoms with Crippen molar-refractivity contribution in [2.75, 3.05) is 26.6 Å². The molecule has 3 N–H and O–H groups in total. The molecule has 1 aromatic rings. The predicted molar refractivity (Wildman–Crippen MR) is 61.9 cm³/mol. The Hall–Kier alpha value is -2.44. The Labute approximate surface area is 103 Å². The molecule has 0 aliphatic heterocycles. The van der Waals surface area contributed by atoms with Gasteiger partial charge in [0.1, 0.15) is 0 Å². The summed E-state index contributed by atoms with van der Waals surface area (Å²) in [5.74, 6) is -1.42. The van der Waals surface area contributed by atoms with Crippen molar-refractivity contribution in [2.45, 2.75) is 0 Å². The van der Waals surface area contributed by atoms with Crippen molar-refractivity contribution in [3.63, 3.8) is 0 Å². The van der Waals surface area contributed by atoms with Gasteiger partial charge in [-0.25, -0.2) is 9.59 Å². The monoisotopic (exact) mass is 255 g/mol. The van der Waals surface area contributed by atoms with Crippen molar-refractivity contribution in [2.24, 2.45) is 0 Å². The molecule has 1 aromatic carbocycles. The summed E-state index contributed by atoms with van der Waals surface area (Å²) in [6.07, 6.45) is 0. The quantitative estimate of drug-likeness (QED) is 0.583. The van der Waals surface area contributed by atoms with Crippen LogP contribution in [-0.4, -0.2) is 37.9 Å². The highest BCUT2D eigenvalue weighted by atomic mass is 16.5. The largest absolute Gasteiger partial charge is 0.493 e. The molecule has 0 heterocycles. The van der Waals surface area contributed by atoms with Crippen molar-refractivity contribution in [1.29, 1.82) is 0 Å². The molecule has 0 saturated carbocycles. The zero-order chi connectivity index (χ0) is 13.7. The Morgan fingerprint density at radius 3 is 2.28 bits per heavy atom. The molecule has 0 atom stereocenters. The lowest BCUT2D eigenvalue weighted by Gasteiger charge is -2.11. The molecule has 0 aromatic heterocycles. The normalized spacial score (nSPS) is 9.67. The van der Waals surface area contributed by atoms with E-state index in [0.29, 0.717) is 11.5 Å². The SMILES string of the molecule is COc1cc(N)c(C(=O)OCC(=O)O)cc1OC. The van der Waals surface area contributed by atoms with Gasteiger partial charge in [0.15, 0.2) is 18.1 Å². The Morgan fingerprint density at radius 2 is 1.78 bits per heavy atom. The Morgan fingerprint density at radius 1 is 1.22 bits per heavy atom. The smallest absolute Gasteiger partial charge is 0.341 e. The molecule has 0 saturated heterocycles. The van der Waals surface area contributed by atoms with Gasteiger partial charge in [-0.15, -0.1) is 0 Å². The average Bonchev–Trinajstić information content (AvgIpc) is 2.35. The molecule has 98 valence electrons. The highest BCUT2D eigenvalue weighted by Crippen LogP contribution is 2.32. The average molecular weight is 255 g/mol. The first-order chi connectivity index (χ1) is 8.49. The van der Waals surface area contributed by atoms with Gasteiger partial charge in [-0.2, -0.15) is 0 Å². The van der Waals surface area contributed by atoms with E-state index in [0.717, 1.165) is 0 Å². The predicted octanol–water partition coefficient (Wildman–Crippen LogP) is 0.527. The number of carboxylic acid groups (broad SMARTS) is 1. The summed E-state index contributed by atoms with van der Waals surface area (Å²) >= 11 is 0. The number of hydrogen-bond donors (Lipinski definition) is 2. The summed E-state index contributed by atoms with van der Waals surface area (Å²) in [6.45, 7) is -0.730. The Bertz CT molecular complexity index is 471. The third kappa shape index (κ3) is 3.03. The molecule has 0 unspecified atom stereocenters. The van der Waals surface area contributed by atoms with Crippen LogP contribution in [0.4, 0.5) is 5.69 Å². The van der Waals surface area contributed by atoms with Gasteiger partial charge in [-0.1, -0.05) is 0 Å². The fraction of sp³-hybridized carbons (Fsp3) is 0.273. The van der Waals surface area contributed by atoms with E-state index in [9.17, 15) is 9.59 Å². The number of carboxylic acids is 1. The molecule has 0 spiro atoms. The lowest BCUT2D eigenvalue weighted by atomic mass is 10.1. The van der Waals surface area contributed by atoms with Crippen LogP contribution in [0.1, 0.15) is 10.4 Å². The third-order valence-corrected chi connectivity index (χ3v) is 2.10. The Balaban J connectivity index is 3.01. The Kier molecular flexibility index (Phi) is 4.36. The van der Waals surface area contributed by atoms with Crippen molar-refractivity contribution in [3.8, 4) is 11.5 Å². The van der Waals surface area contributed by atoms with Crippen LogP contribution >= 0.6 is 0 Å². The number of esters is 1. The van der Waals surface area contributed by atoms with Gasteiger partial charge in [0.05, 0.1) is 25.5 Å². The first kappa shape index (κ1) is 13.6. The second-order valence-corrected chi connectivity index (χ2v) is 3.26. The number of nitrogen functional groups attached to an aromatic ring is 1. The van der Waals surface area contributed by atoms with Gasteiger partial charge in [0, 0.05) is 12.1 Å². The van der Waals surface area contributed by atoms with E-state index in [4.69, 9.17) is 20.3 Å². The summed E-state index contributed by atoms with van der Waals surface area (Å²) in [7, 11) is 2.83. The standard InChI is InChI=1S/C11H13NO6/c1-16-8-3-6(7(12)4-9(8)17-2)11(15)18-5-10(13)14/h3-4H,5,12H2,1-2H3,(H,13,14). The summed E-state index contributed by atoms with van der Waals surface area (Å²) in [5, 5.41) is 8.41. The summed E-state index contributed by atoms with van der Waals surface area (Å²) in [5.41, 5.74) is 5.78. The van der Waals surface area contributed by atoms with Crippen LogP contribution in [0.2, 0.25) is 0 Å². The zero-order valence-electron chi connectivity index (χ0n) is 9.93. The van der Waals surface area contributed by atoms with E-state index in [1.165, 1.54) is 26.4 Å². The van der Waals surface area contributed by atoms with Crippen molar-refractivity contribution >= 4 is 17.6 Å². The van der Waals surface area contributed by atoms with Crippen molar-refractivity contribution < 1.29 is 28.9 Å². The van der Waals surface area contributed by atoms with E-state index in [1.807, 2.05) is 0 Å². The van der Waals surface area contributed by atoms with E-state index in [2.05, 4.69) is 4.74 Å². The number of carbonyl (C=O) groups is 2. The molecule has 7 nitrogen and oxygen atoms in total. The summed E-state index contributed by atoms with van der Waals surface area (Å²) < 4.78 is 14.5. The third-order valence-electron chi connectivity index (χ3n) is 2.10. The molecule has 7 heteroatoms. The van der Waals surface area contributed by atoms with Gasteiger partial charge in [-0.05, 0) is 0 Å². The van der Waals surface area contributed by atoms with E-state index in [1.54, 1.807) is 0 Å². The van der Waals surface area contributed by atoms with Crippen LogP contribution < -0.4 is 15.2 Å². The highest BCUT2D eigenvalue weighted by molar-refractivity contribution is 5.96. The molecule has 0 amide bonds. The number of anilines is 1. The lowest BCUT2D eigenvalue weighted by Crippen LogP contribution is -2.14. The van der Waals surface area contributed by atoms with E-state index in [-0.39, 0.29) is 11.3 Å². The number of aliphatic carboxylic acids is 1. The van der Waals surface area contributed by atoms with Gasteiger partial charge in [-0.3, -0.25) is 0 Å². The second-order valence-electron chi connectivity index (χ2n) is 3.26. The number of hydrogen-bond acceptors (Lipinski definition) is 6. The number of benzene rings is 1. The lowest BCUT2D eigenvalue weighted by molar-refractivity contribution is -0.140. The van der Waals surface area contributed by atoms with Crippen LogP contribution in [0.3, 0.4) is 0 Å². The first-order valence-electron chi connectivity index (χ1n) is 4.90. The first-order valence-corrected chi connectivity index (χ1v) is 4.90. The van der Waals surface area contributed by atoms with Crippen LogP contribution in [-0.2, 0) is 9.53 Å². The molecule has 0 fully saturated rings. The molecule has 0 aliphatic rings. The van der Waals surface area contributed by atoms with E-state index < -0.39 is 18.5 Å². The fourth-order valence-corrected chi connectivity index (χ4v) is 1.28. The zero-order valence-corrected chi connectivity index (χ0v) is 9.93.